The lowest BCUT2D eigenvalue weighted by Crippen LogP contribution is -2.57. The molecule has 170 valence electrons. The van der Waals surface area contributed by atoms with E-state index in [1.54, 1.807) is 25.2 Å². The van der Waals surface area contributed by atoms with Crippen LogP contribution in [0.5, 0.6) is 0 Å². The molecular weight excluding hydrogens is 448 g/mol. The number of halogens is 1. The van der Waals surface area contributed by atoms with Crippen LogP contribution in [0.15, 0.2) is 71.7 Å². The summed E-state index contributed by atoms with van der Waals surface area (Å²) in [5.74, 6) is -0.287. The summed E-state index contributed by atoms with van der Waals surface area (Å²) < 4.78 is 33.1. The average Bonchev–Trinajstić information content (AvgIpc) is 2.76. The summed E-state index contributed by atoms with van der Waals surface area (Å²) in [7, 11) is -3.98. The third kappa shape index (κ3) is 4.96. The molecule has 2 N–H and O–H groups in total. The Hall–Kier alpha value is -2.45. The molecule has 2 aromatic rings. The number of hydrogen-bond acceptors (Lipinski definition) is 5. The van der Waals surface area contributed by atoms with E-state index in [0.717, 1.165) is 11.1 Å². The smallest absolute Gasteiger partial charge is 0.238 e. The first kappa shape index (κ1) is 24.2. The Morgan fingerprint density at radius 2 is 1.81 bits per heavy atom. The van der Waals surface area contributed by atoms with Crippen molar-refractivity contribution in [3.63, 3.8) is 0 Å². The third-order valence-corrected chi connectivity index (χ3v) is 7.86. The molecule has 1 aliphatic rings. The maximum absolute atomic E-state index is 13.6. The Morgan fingerprint density at radius 1 is 1.09 bits per heavy atom. The summed E-state index contributed by atoms with van der Waals surface area (Å²) in [4.78, 5) is 10.9. The molecule has 2 unspecified atom stereocenters. The number of rotatable bonds is 8. The van der Waals surface area contributed by atoms with E-state index in [4.69, 9.17) is 16.3 Å². The van der Waals surface area contributed by atoms with Gasteiger partial charge in [-0.2, -0.15) is 0 Å². The minimum atomic E-state index is -3.98. The average molecular weight is 475 g/mol. The number of anilines is 1. The fraction of sp³-hybridized carbons (Fsp3) is 0.292. The van der Waals surface area contributed by atoms with Gasteiger partial charge in [0.1, 0.15) is 0 Å². The van der Waals surface area contributed by atoms with Crippen molar-refractivity contribution >= 4 is 33.0 Å². The number of carbonyl (C=O) groups excluding carboxylic acids is 1. The van der Waals surface area contributed by atoms with E-state index in [1.807, 2.05) is 32.0 Å². The minimum Gasteiger partial charge on any atom is -0.354 e. The number of amides is 1. The third-order valence-electron chi connectivity index (χ3n) is 5.36. The number of sulfone groups is 1. The van der Waals surface area contributed by atoms with Crippen LogP contribution in [0, 0.1) is 13.8 Å². The zero-order chi connectivity index (χ0) is 23.4. The van der Waals surface area contributed by atoms with Crippen LogP contribution in [0.1, 0.15) is 18.1 Å². The second kappa shape index (κ2) is 10.0. The molecule has 0 saturated carbocycles. The molecule has 2 atom stereocenters. The SMILES string of the molecule is CCOC1(S(=O)(=O)c2ccc(Cl)cc2)C=CC=CC1NCC(=O)Nc1ccc(C)c(C)c1. The summed E-state index contributed by atoms with van der Waals surface area (Å²) in [6.45, 7) is 5.77. The van der Waals surface area contributed by atoms with Crippen molar-refractivity contribution in [1.82, 2.24) is 5.32 Å². The molecule has 32 heavy (non-hydrogen) atoms. The highest BCUT2D eigenvalue weighted by Crippen LogP contribution is 2.35. The molecule has 0 saturated heterocycles. The van der Waals surface area contributed by atoms with Crippen LogP contribution in [0.25, 0.3) is 0 Å². The molecule has 0 aromatic heterocycles. The van der Waals surface area contributed by atoms with E-state index in [-0.39, 0.29) is 24.0 Å². The van der Waals surface area contributed by atoms with Gasteiger partial charge in [-0.15, -0.1) is 0 Å². The maximum Gasteiger partial charge on any atom is 0.238 e. The van der Waals surface area contributed by atoms with Gasteiger partial charge in [-0.25, -0.2) is 8.42 Å². The van der Waals surface area contributed by atoms with Gasteiger partial charge in [0.15, 0.2) is 0 Å². The molecule has 1 aliphatic carbocycles. The molecule has 0 spiro atoms. The second-order valence-electron chi connectivity index (χ2n) is 7.56. The van der Waals surface area contributed by atoms with Crippen molar-refractivity contribution in [2.75, 3.05) is 18.5 Å². The number of carbonyl (C=O) groups is 1. The van der Waals surface area contributed by atoms with Gasteiger partial charge >= 0.3 is 0 Å². The van der Waals surface area contributed by atoms with Gasteiger partial charge in [0, 0.05) is 17.3 Å². The predicted octanol–water partition coefficient (Wildman–Crippen LogP) is 4.19. The first-order chi connectivity index (χ1) is 15.2. The van der Waals surface area contributed by atoms with Gasteiger partial charge in [0.25, 0.3) is 0 Å². The monoisotopic (exact) mass is 474 g/mol. The molecule has 0 fully saturated rings. The number of hydrogen-bond donors (Lipinski definition) is 2. The lowest BCUT2D eigenvalue weighted by Gasteiger charge is -2.38. The van der Waals surface area contributed by atoms with Gasteiger partial charge in [0.2, 0.25) is 20.7 Å². The summed E-state index contributed by atoms with van der Waals surface area (Å²) in [6, 6.07) is 10.8. The topological polar surface area (TPSA) is 84.5 Å². The summed E-state index contributed by atoms with van der Waals surface area (Å²) in [5, 5.41) is 6.32. The Balaban J connectivity index is 1.82. The van der Waals surface area contributed by atoms with Gasteiger partial charge in [-0.05, 0) is 74.4 Å². The van der Waals surface area contributed by atoms with Crippen molar-refractivity contribution in [2.45, 2.75) is 36.6 Å². The summed E-state index contributed by atoms with van der Waals surface area (Å²) >= 11 is 5.93. The fourth-order valence-electron chi connectivity index (χ4n) is 3.54. The van der Waals surface area contributed by atoms with Gasteiger partial charge in [-0.3, -0.25) is 10.1 Å². The van der Waals surface area contributed by atoms with Crippen LogP contribution in [-0.4, -0.2) is 38.5 Å². The van der Waals surface area contributed by atoms with Gasteiger partial charge < -0.3 is 10.1 Å². The predicted molar refractivity (Wildman–Crippen MR) is 128 cm³/mol. The second-order valence-corrected chi connectivity index (χ2v) is 10.1. The molecule has 3 rings (SSSR count). The fourth-order valence-corrected chi connectivity index (χ4v) is 5.55. The molecule has 0 heterocycles. The Labute approximate surface area is 194 Å². The van der Waals surface area contributed by atoms with Crippen molar-refractivity contribution in [3.05, 3.63) is 82.9 Å². The molecule has 6 nitrogen and oxygen atoms in total. The van der Waals surface area contributed by atoms with E-state index in [0.29, 0.717) is 10.7 Å². The van der Waals surface area contributed by atoms with Crippen LogP contribution in [0.2, 0.25) is 5.02 Å². The zero-order valence-corrected chi connectivity index (χ0v) is 19.8. The molecule has 8 heteroatoms. The van der Waals surface area contributed by atoms with E-state index >= 15 is 0 Å². The number of benzene rings is 2. The number of ether oxygens (including phenoxy) is 1. The van der Waals surface area contributed by atoms with Crippen molar-refractivity contribution < 1.29 is 17.9 Å². The van der Waals surface area contributed by atoms with Crippen LogP contribution in [0.4, 0.5) is 5.69 Å². The van der Waals surface area contributed by atoms with Gasteiger partial charge in [0.05, 0.1) is 17.5 Å². The number of nitrogens with one attached hydrogen (secondary N) is 2. The van der Waals surface area contributed by atoms with Gasteiger partial charge in [-0.1, -0.05) is 35.9 Å². The Bertz CT molecular complexity index is 1140. The Kier molecular flexibility index (Phi) is 7.56. The quantitative estimate of drug-likeness (QED) is 0.599. The summed E-state index contributed by atoms with van der Waals surface area (Å²) in [6.07, 6.45) is 6.57. The zero-order valence-electron chi connectivity index (χ0n) is 18.3. The lowest BCUT2D eigenvalue weighted by atomic mass is 10.0. The molecule has 0 bridgehead atoms. The highest BCUT2D eigenvalue weighted by atomic mass is 35.5. The first-order valence-electron chi connectivity index (χ1n) is 10.3. The molecular formula is C24H27ClN2O4S. The Morgan fingerprint density at radius 3 is 2.47 bits per heavy atom. The van der Waals surface area contributed by atoms with E-state index in [1.165, 1.54) is 30.3 Å². The van der Waals surface area contributed by atoms with E-state index in [9.17, 15) is 13.2 Å². The standard InChI is InChI=1S/C24H27ClN2O4S/c1-4-31-24(32(29,30)21-12-9-19(25)10-13-21)14-6-5-7-22(24)26-16-23(28)27-20-11-8-17(2)18(3)15-20/h5-15,22,26H,4,16H2,1-3H3,(H,27,28). The van der Waals surface area contributed by atoms with E-state index < -0.39 is 20.8 Å². The lowest BCUT2D eigenvalue weighted by molar-refractivity contribution is -0.115. The number of aryl methyl sites for hydroxylation is 2. The van der Waals surface area contributed by atoms with Crippen molar-refractivity contribution in [3.8, 4) is 0 Å². The molecule has 0 aliphatic heterocycles. The highest BCUT2D eigenvalue weighted by Gasteiger charge is 2.50. The summed E-state index contributed by atoms with van der Waals surface area (Å²) in [5.41, 5.74) is 2.89. The maximum atomic E-state index is 13.6. The minimum absolute atomic E-state index is 0.0849. The molecule has 2 aromatic carbocycles. The molecule has 0 radical (unpaired) electrons. The van der Waals surface area contributed by atoms with Crippen LogP contribution >= 0.6 is 11.6 Å². The van der Waals surface area contributed by atoms with Crippen molar-refractivity contribution in [2.24, 2.45) is 0 Å². The molecule has 1 amide bonds. The van der Waals surface area contributed by atoms with Crippen LogP contribution < -0.4 is 10.6 Å². The first-order valence-corrected chi connectivity index (χ1v) is 12.2. The van der Waals surface area contributed by atoms with Crippen molar-refractivity contribution in [1.29, 1.82) is 0 Å². The van der Waals surface area contributed by atoms with E-state index in [2.05, 4.69) is 10.6 Å². The normalized spacial score (nSPS) is 20.3. The highest BCUT2D eigenvalue weighted by molar-refractivity contribution is 7.93. The van der Waals surface area contributed by atoms with Crippen LogP contribution in [-0.2, 0) is 19.4 Å². The largest absolute Gasteiger partial charge is 0.354 e. The number of allylic oxidation sites excluding steroid dienone is 2. The van der Waals surface area contributed by atoms with Crippen LogP contribution in [0.3, 0.4) is 0 Å².